The molecule has 0 fully saturated rings. The van der Waals surface area contributed by atoms with Crippen LogP contribution < -0.4 is 10.5 Å². The van der Waals surface area contributed by atoms with Crippen LogP contribution in [0.4, 0.5) is 11.4 Å². The van der Waals surface area contributed by atoms with Crippen LogP contribution in [0.1, 0.15) is 5.56 Å². The lowest BCUT2D eigenvalue weighted by atomic mass is 10.2. The monoisotopic (exact) mass is 299 g/mol. The van der Waals surface area contributed by atoms with Gasteiger partial charge in [0.2, 0.25) is 10.0 Å². The van der Waals surface area contributed by atoms with Crippen molar-refractivity contribution in [3.05, 3.63) is 48.3 Å². The number of benzene rings is 1. The normalized spacial score (nSPS) is 10.6. The predicted octanol–water partition coefficient (Wildman–Crippen LogP) is 2.20. The number of pyridine rings is 1. The standard InChI is InChI=1S/C12H13N3O2S.ClH/c1-9-3-2-4-10(7-9)15-11-5-6-14-8-12(11)18(13,16)17;/h2-8H,1H3,(H,14,15)(H2,13,16,17);1H. The van der Waals surface area contributed by atoms with Crippen LogP contribution in [0, 0.1) is 6.92 Å². The molecule has 0 radical (unpaired) electrons. The average Bonchev–Trinajstić information content (AvgIpc) is 2.28. The van der Waals surface area contributed by atoms with Gasteiger partial charge in [-0.1, -0.05) is 12.1 Å². The van der Waals surface area contributed by atoms with Gasteiger partial charge in [0.05, 0.1) is 5.69 Å². The Bertz CT molecular complexity index is 674. The van der Waals surface area contributed by atoms with Crippen LogP contribution in [-0.2, 0) is 10.0 Å². The largest absolute Gasteiger partial charge is 0.354 e. The summed E-state index contributed by atoms with van der Waals surface area (Å²) in [5.74, 6) is 0. The number of anilines is 2. The number of primary sulfonamides is 1. The van der Waals surface area contributed by atoms with E-state index in [9.17, 15) is 8.42 Å². The van der Waals surface area contributed by atoms with E-state index in [0.29, 0.717) is 5.69 Å². The second kappa shape index (κ2) is 6.01. The molecule has 1 aromatic carbocycles. The van der Waals surface area contributed by atoms with Crippen molar-refractivity contribution < 1.29 is 8.42 Å². The minimum atomic E-state index is -3.79. The third kappa shape index (κ3) is 3.92. The number of sulfonamides is 1. The number of nitrogens with one attached hydrogen (secondary N) is 1. The molecule has 0 unspecified atom stereocenters. The lowest BCUT2D eigenvalue weighted by molar-refractivity contribution is 0.598. The highest BCUT2D eigenvalue weighted by atomic mass is 35.5. The fourth-order valence-electron chi connectivity index (χ4n) is 1.59. The molecule has 0 bridgehead atoms. The molecule has 0 saturated heterocycles. The van der Waals surface area contributed by atoms with Gasteiger partial charge in [-0.25, -0.2) is 13.6 Å². The second-order valence-electron chi connectivity index (χ2n) is 3.91. The Hall–Kier alpha value is -1.63. The Kier molecular flexibility index (Phi) is 4.88. The van der Waals surface area contributed by atoms with Gasteiger partial charge in [-0.05, 0) is 30.7 Å². The molecule has 3 N–H and O–H groups in total. The Balaban J connectivity index is 0.00000180. The van der Waals surface area contributed by atoms with Gasteiger partial charge in [-0.15, -0.1) is 12.4 Å². The molecule has 1 heterocycles. The third-order valence-electron chi connectivity index (χ3n) is 2.39. The van der Waals surface area contributed by atoms with Crippen molar-refractivity contribution in [2.24, 2.45) is 5.14 Å². The molecule has 5 nitrogen and oxygen atoms in total. The van der Waals surface area contributed by atoms with Gasteiger partial charge in [0.15, 0.2) is 0 Å². The van der Waals surface area contributed by atoms with Crippen molar-refractivity contribution in [3.8, 4) is 0 Å². The number of nitrogens with two attached hydrogens (primary N) is 1. The topological polar surface area (TPSA) is 85.1 Å². The molecule has 0 atom stereocenters. The molecular formula is C12H14ClN3O2S. The Morgan fingerprint density at radius 3 is 2.63 bits per heavy atom. The van der Waals surface area contributed by atoms with Crippen molar-refractivity contribution in [1.82, 2.24) is 4.98 Å². The van der Waals surface area contributed by atoms with E-state index in [1.54, 1.807) is 6.07 Å². The lowest BCUT2D eigenvalue weighted by Gasteiger charge is -2.10. The highest BCUT2D eigenvalue weighted by Crippen LogP contribution is 2.23. The van der Waals surface area contributed by atoms with Gasteiger partial charge in [0, 0.05) is 18.1 Å². The van der Waals surface area contributed by atoms with E-state index in [2.05, 4.69) is 10.3 Å². The summed E-state index contributed by atoms with van der Waals surface area (Å²) < 4.78 is 22.8. The summed E-state index contributed by atoms with van der Waals surface area (Å²) in [5, 5.41) is 8.15. The quantitative estimate of drug-likeness (QED) is 0.910. The van der Waals surface area contributed by atoms with Gasteiger partial charge in [-0.2, -0.15) is 0 Å². The maximum absolute atomic E-state index is 11.4. The van der Waals surface area contributed by atoms with Crippen LogP contribution in [-0.4, -0.2) is 13.4 Å². The summed E-state index contributed by atoms with van der Waals surface area (Å²) in [5.41, 5.74) is 2.29. The fourth-order valence-corrected chi connectivity index (χ4v) is 2.22. The van der Waals surface area contributed by atoms with E-state index in [0.717, 1.165) is 11.3 Å². The number of nitrogens with zero attached hydrogens (tertiary/aromatic N) is 1. The summed E-state index contributed by atoms with van der Waals surface area (Å²) in [6.45, 7) is 1.96. The molecule has 0 aliphatic carbocycles. The van der Waals surface area contributed by atoms with Gasteiger partial charge in [0.25, 0.3) is 0 Å². The minimum Gasteiger partial charge on any atom is -0.354 e. The van der Waals surface area contributed by atoms with Crippen molar-refractivity contribution in [2.45, 2.75) is 11.8 Å². The minimum absolute atomic E-state index is 0. The first-order valence-corrected chi connectivity index (χ1v) is 6.82. The zero-order chi connectivity index (χ0) is 13.2. The molecule has 7 heteroatoms. The molecule has 0 amide bonds. The van der Waals surface area contributed by atoms with Crippen molar-refractivity contribution >= 4 is 33.8 Å². The van der Waals surface area contributed by atoms with E-state index in [4.69, 9.17) is 5.14 Å². The highest BCUT2D eigenvalue weighted by molar-refractivity contribution is 7.89. The van der Waals surface area contributed by atoms with Crippen LogP contribution in [0.5, 0.6) is 0 Å². The van der Waals surface area contributed by atoms with Crippen molar-refractivity contribution in [1.29, 1.82) is 0 Å². The summed E-state index contributed by atoms with van der Waals surface area (Å²) >= 11 is 0. The number of halogens is 1. The van der Waals surface area contributed by atoms with Gasteiger partial charge < -0.3 is 5.32 Å². The SMILES string of the molecule is Cc1cccc(Nc2ccncc2S(N)(=O)=O)c1.Cl. The number of hydrogen-bond donors (Lipinski definition) is 2. The van der Waals surface area contributed by atoms with Crippen molar-refractivity contribution in [2.75, 3.05) is 5.32 Å². The van der Waals surface area contributed by atoms with Crippen LogP contribution in [0.15, 0.2) is 47.6 Å². The first kappa shape index (κ1) is 15.4. The number of aryl methyl sites for hydroxylation is 1. The van der Waals surface area contributed by atoms with E-state index in [1.165, 1.54) is 12.4 Å². The molecule has 0 spiro atoms. The maximum Gasteiger partial charge on any atom is 0.241 e. The van der Waals surface area contributed by atoms with E-state index < -0.39 is 10.0 Å². The molecule has 2 aromatic rings. The van der Waals surface area contributed by atoms with Crippen molar-refractivity contribution in [3.63, 3.8) is 0 Å². The first-order chi connectivity index (χ1) is 8.47. The number of rotatable bonds is 3. The molecule has 0 saturated carbocycles. The van der Waals surface area contributed by atoms with Gasteiger partial charge >= 0.3 is 0 Å². The molecule has 0 aliphatic heterocycles. The highest BCUT2D eigenvalue weighted by Gasteiger charge is 2.13. The molecular weight excluding hydrogens is 286 g/mol. The maximum atomic E-state index is 11.4. The molecule has 1 aromatic heterocycles. The van der Waals surface area contributed by atoms with E-state index in [1.807, 2.05) is 31.2 Å². The summed E-state index contributed by atoms with van der Waals surface area (Å²) in [6, 6.07) is 9.17. The molecule has 2 rings (SSSR count). The molecule has 0 aliphatic rings. The van der Waals surface area contributed by atoms with E-state index >= 15 is 0 Å². The Morgan fingerprint density at radius 2 is 2.00 bits per heavy atom. The van der Waals surface area contributed by atoms with Gasteiger partial charge in [0.1, 0.15) is 4.90 Å². The smallest absolute Gasteiger partial charge is 0.241 e. The summed E-state index contributed by atoms with van der Waals surface area (Å²) in [4.78, 5) is 3.75. The van der Waals surface area contributed by atoms with Crippen LogP contribution in [0.3, 0.4) is 0 Å². The summed E-state index contributed by atoms with van der Waals surface area (Å²) in [7, 11) is -3.79. The Morgan fingerprint density at radius 1 is 1.26 bits per heavy atom. The Labute approximate surface area is 118 Å². The van der Waals surface area contributed by atoms with Crippen LogP contribution >= 0.6 is 12.4 Å². The summed E-state index contributed by atoms with van der Waals surface area (Å²) in [6.07, 6.45) is 2.74. The molecule has 102 valence electrons. The van der Waals surface area contributed by atoms with E-state index in [-0.39, 0.29) is 17.3 Å². The first-order valence-electron chi connectivity index (χ1n) is 5.27. The fraction of sp³-hybridized carbons (Fsp3) is 0.0833. The zero-order valence-corrected chi connectivity index (χ0v) is 11.8. The second-order valence-corrected chi connectivity index (χ2v) is 5.44. The average molecular weight is 300 g/mol. The van der Waals surface area contributed by atoms with Crippen LogP contribution in [0.25, 0.3) is 0 Å². The lowest BCUT2D eigenvalue weighted by Crippen LogP contribution is -2.14. The number of aromatic nitrogens is 1. The third-order valence-corrected chi connectivity index (χ3v) is 3.33. The molecule has 19 heavy (non-hydrogen) atoms. The van der Waals surface area contributed by atoms with Crippen LogP contribution in [0.2, 0.25) is 0 Å². The predicted molar refractivity (Wildman–Crippen MR) is 77.3 cm³/mol. The number of hydrogen-bond acceptors (Lipinski definition) is 4. The van der Waals surface area contributed by atoms with Gasteiger partial charge in [-0.3, -0.25) is 4.98 Å². The zero-order valence-electron chi connectivity index (χ0n) is 10.2.